The number of halogens is 4. The molecule has 2 spiro atoms. The molecule has 174 valence electrons. The van der Waals surface area contributed by atoms with Crippen molar-refractivity contribution in [3.05, 3.63) is 0 Å². The van der Waals surface area contributed by atoms with E-state index in [9.17, 15) is 37.1 Å². The molecule has 0 aromatic heterocycles. The molecule has 11 heteroatoms. The van der Waals surface area contributed by atoms with E-state index in [0.717, 1.165) is 9.80 Å². The van der Waals surface area contributed by atoms with Crippen LogP contribution >= 0.6 is 0 Å². The molecule has 31 heavy (non-hydrogen) atoms. The minimum Gasteiger partial charge on any atom is -0.465 e. The lowest BCUT2D eigenvalue weighted by molar-refractivity contribution is -0.195. The quantitative estimate of drug-likeness (QED) is 0.625. The van der Waals surface area contributed by atoms with E-state index in [2.05, 4.69) is 0 Å². The lowest BCUT2D eigenvalue weighted by Crippen LogP contribution is -2.72. The zero-order valence-corrected chi connectivity index (χ0v) is 17.8. The van der Waals surface area contributed by atoms with Gasteiger partial charge in [-0.05, 0) is 31.1 Å². The van der Waals surface area contributed by atoms with Crippen LogP contribution in [0.4, 0.5) is 22.4 Å². The van der Waals surface area contributed by atoms with Crippen LogP contribution in [0, 0.1) is 5.41 Å². The first-order chi connectivity index (χ1) is 14.1. The van der Waals surface area contributed by atoms with Gasteiger partial charge in [0.25, 0.3) is 0 Å². The van der Waals surface area contributed by atoms with E-state index in [1.165, 1.54) is 4.90 Å². The Labute approximate surface area is 177 Å². The summed E-state index contributed by atoms with van der Waals surface area (Å²) in [6, 6.07) is 0. The maximum Gasteiger partial charge on any atom is 0.471 e. The molecule has 2 atom stereocenters. The van der Waals surface area contributed by atoms with Crippen molar-refractivity contribution in [3.8, 4) is 0 Å². The van der Waals surface area contributed by atoms with E-state index >= 15 is 0 Å². The third-order valence-electron chi connectivity index (χ3n) is 7.62. The molecule has 3 amide bonds. The van der Waals surface area contributed by atoms with Crippen molar-refractivity contribution >= 4 is 17.9 Å². The van der Waals surface area contributed by atoms with Crippen molar-refractivity contribution < 1.29 is 37.1 Å². The fraction of sp³-hybridized carbons (Fsp3) is 0.850. The second kappa shape index (κ2) is 6.25. The summed E-state index contributed by atoms with van der Waals surface area (Å²) in [6.07, 6.45) is -6.70. The molecule has 0 aromatic carbocycles. The van der Waals surface area contributed by atoms with Gasteiger partial charge in [-0.25, -0.2) is 9.18 Å². The largest absolute Gasteiger partial charge is 0.471 e. The van der Waals surface area contributed by atoms with Crippen molar-refractivity contribution in [2.75, 3.05) is 19.6 Å². The predicted molar refractivity (Wildman–Crippen MR) is 99.8 cm³/mol. The summed E-state index contributed by atoms with van der Waals surface area (Å²) >= 11 is 0. The maximum atomic E-state index is 14.5. The van der Waals surface area contributed by atoms with E-state index in [4.69, 9.17) is 0 Å². The van der Waals surface area contributed by atoms with Gasteiger partial charge < -0.3 is 14.9 Å². The third-order valence-corrected chi connectivity index (χ3v) is 7.62. The number of carbonyl (C=O) groups is 3. The minimum atomic E-state index is -5.00. The smallest absolute Gasteiger partial charge is 0.465 e. The zero-order chi connectivity index (χ0) is 23.2. The highest BCUT2D eigenvalue weighted by Gasteiger charge is 2.70. The van der Waals surface area contributed by atoms with Gasteiger partial charge in [-0.2, -0.15) is 13.2 Å². The highest BCUT2D eigenvalue weighted by atomic mass is 19.4. The van der Waals surface area contributed by atoms with E-state index in [1.54, 1.807) is 20.8 Å². The number of alkyl halides is 4. The average Bonchev–Trinajstić information content (AvgIpc) is 3.53. The number of piperazine rings is 1. The first-order valence-electron chi connectivity index (χ1n) is 10.5. The molecule has 0 aromatic rings. The van der Waals surface area contributed by atoms with Gasteiger partial charge in [0.05, 0.1) is 17.6 Å². The van der Waals surface area contributed by atoms with Gasteiger partial charge in [0.1, 0.15) is 11.7 Å². The number of rotatable bonds is 1. The SMILES string of the molecule is CC(C)(C)[C@]1(C(=O)N2CC3(CC3)N(C(=O)C(F)(F)F)CC23CC3)C[C@@H](F)CN1C(=O)O. The maximum absolute atomic E-state index is 14.5. The monoisotopic (exact) mass is 449 g/mol. The number of nitrogens with zero attached hydrogens (tertiary/aromatic N) is 3. The van der Waals surface area contributed by atoms with E-state index < -0.39 is 58.8 Å². The number of carboxylic acid groups (broad SMARTS) is 1. The Kier molecular flexibility index (Phi) is 4.46. The van der Waals surface area contributed by atoms with E-state index in [-0.39, 0.29) is 19.5 Å². The van der Waals surface area contributed by atoms with E-state index in [1.807, 2.05) is 0 Å². The number of carbonyl (C=O) groups excluding carboxylic acids is 2. The molecule has 2 saturated carbocycles. The molecule has 4 fully saturated rings. The number of amides is 3. The van der Waals surface area contributed by atoms with Gasteiger partial charge in [-0.15, -0.1) is 0 Å². The van der Waals surface area contributed by atoms with Crippen LogP contribution in [0.5, 0.6) is 0 Å². The summed E-state index contributed by atoms with van der Waals surface area (Å²) in [5.74, 6) is -2.46. The molecule has 2 aliphatic heterocycles. The number of likely N-dealkylation sites (tertiary alicyclic amines) is 1. The van der Waals surface area contributed by atoms with Gasteiger partial charge in [-0.3, -0.25) is 14.5 Å². The summed E-state index contributed by atoms with van der Waals surface area (Å²) in [5, 5.41) is 9.75. The molecule has 0 radical (unpaired) electrons. The molecule has 4 rings (SSSR count). The Morgan fingerprint density at radius 3 is 1.81 bits per heavy atom. The molecule has 0 bridgehead atoms. The molecular weight excluding hydrogens is 422 g/mol. The Morgan fingerprint density at radius 2 is 1.39 bits per heavy atom. The van der Waals surface area contributed by atoms with Crippen molar-refractivity contribution in [3.63, 3.8) is 0 Å². The summed E-state index contributed by atoms with van der Waals surface area (Å²) in [7, 11) is 0. The van der Waals surface area contributed by atoms with Crippen molar-refractivity contribution in [2.24, 2.45) is 5.41 Å². The van der Waals surface area contributed by atoms with Crippen LogP contribution in [0.15, 0.2) is 0 Å². The lowest BCUT2D eigenvalue weighted by atomic mass is 9.70. The summed E-state index contributed by atoms with van der Waals surface area (Å²) in [5.41, 5.74) is -4.66. The highest BCUT2D eigenvalue weighted by Crippen LogP contribution is 2.57. The fourth-order valence-corrected chi connectivity index (χ4v) is 5.52. The fourth-order valence-electron chi connectivity index (χ4n) is 5.52. The van der Waals surface area contributed by atoms with Gasteiger partial charge >= 0.3 is 18.2 Å². The summed E-state index contributed by atoms with van der Waals surface area (Å²) in [4.78, 5) is 41.3. The Balaban J connectivity index is 1.72. The van der Waals surface area contributed by atoms with Crippen LogP contribution in [0.1, 0.15) is 52.9 Å². The molecule has 2 heterocycles. The van der Waals surface area contributed by atoms with Crippen LogP contribution in [-0.2, 0) is 9.59 Å². The second-order valence-corrected chi connectivity index (χ2v) is 10.5. The Hall–Kier alpha value is -2.07. The highest BCUT2D eigenvalue weighted by molar-refractivity contribution is 5.93. The third kappa shape index (κ3) is 3.09. The molecule has 0 unspecified atom stereocenters. The zero-order valence-electron chi connectivity index (χ0n) is 17.8. The van der Waals surface area contributed by atoms with Crippen LogP contribution in [0.25, 0.3) is 0 Å². The predicted octanol–water partition coefficient (Wildman–Crippen LogP) is 2.79. The van der Waals surface area contributed by atoms with Gasteiger partial charge in [-0.1, -0.05) is 20.8 Å². The average molecular weight is 449 g/mol. The number of hydrogen-bond donors (Lipinski definition) is 1. The van der Waals surface area contributed by atoms with Crippen LogP contribution in [-0.4, -0.2) is 86.3 Å². The minimum absolute atomic E-state index is 0.0874. The normalized spacial score (nSPS) is 31.3. The second-order valence-electron chi connectivity index (χ2n) is 10.5. The lowest BCUT2D eigenvalue weighted by Gasteiger charge is -2.53. The van der Waals surface area contributed by atoms with Gasteiger partial charge in [0.15, 0.2) is 0 Å². The standard InChI is InChI=1S/C20H27F4N3O4/c1-16(2,3)19(8-12(21)9-25(19)15(30)31)13(28)26-10-18(6-7-18)27(11-17(26)4-5-17)14(29)20(22,23)24/h12H,4-11H2,1-3H3,(H,30,31)/t12-,19-/m1/s1. The first kappa shape index (κ1) is 22.1. The molecular formula is C20H27F4N3O4. The summed E-state index contributed by atoms with van der Waals surface area (Å²) in [6.45, 7) is 4.28. The number of hydrogen-bond acceptors (Lipinski definition) is 3. The van der Waals surface area contributed by atoms with Gasteiger partial charge in [0, 0.05) is 19.5 Å². The van der Waals surface area contributed by atoms with E-state index in [0.29, 0.717) is 25.7 Å². The molecule has 1 N–H and O–H groups in total. The Morgan fingerprint density at radius 1 is 0.903 bits per heavy atom. The van der Waals surface area contributed by atoms with Crippen molar-refractivity contribution in [1.29, 1.82) is 0 Å². The molecule has 2 saturated heterocycles. The topological polar surface area (TPSA) is 81.2 Å². The summed E-state index contributed by atoms with van der Waals surface area (Å²) < 4.78 is 54.1. The van der Waals surface area contributed by atoms with Gasteiger partial charge in [0.2, 0.25) is 5.91 Å². The molecule has 2 aliphatic carbocycles. The van der Waals surface area contributed by atoms with Crippen molar-refractivity contribution in [1.82, 2.24) is 14.7 Å². The molecule has 4 aliphatic rings. The van der Waals surface area contributed by atoms with Crippen LogP contribution in [0.2, 0.25) is 0 Å². The molecule has 7 nitrogen and oxygen atoms in total. The van der Waals surface area contributed by atoms with Crippen molar-refractivity contribution in [2.45, 2.75) is 81.8 Å². The Bertz CT molecular complexity index is 831. The van der Waals surface area contributed by atoms with Crippen LogP contribution in [0.3, 0.4) is 0 Å². The first-order valence-corrected chi connectivity index (χ1v) is 10.5. The van der Waals surface area contributed by atoms with Crippen LogP contribution < -0.4 is 0 Å².